The molecule has 0 atom stereocenters. The maximum atomic E-state index is 12.1. The summed E-state index contributed by atoms with van der Waals surface area (Å²) in [6, 6.07) is 6.43. The molecule has 0 aliphatic heterocycles. The summed E-state index contributed by atoms with van der Waals surface area (Å²) in [6.45, 7) is 7.99. The first-order valence-corrected chi connectivity index (χ1v) is 9.09. The molecule has 2 heterocycles. The van der Waals surface area contributed by atoms with Crippen molar-refractivity contribution >= 4 is 34.4 Å². The van der Waals surface area contributed by atoms with Crippen LogP contribution in [-0.4, -0.2) is 27.0 Å². The molecule has 6 nitrogen and oxygen atoms in total. The van der Waals surface area contributed by atoms with Gasteiger partial charge in [-0.2, -0.15) is 0 Å². The first-order chi connectivity index (χ1) is 12.0. The molecular weight excluding hydrogens is 336 g/mol. The number of aromatic nitrogens is 3. The Labute approximate surface area is 150 Å². The van der Waals surface area contributed by atoms with Crippen molar-refractivity contribution in [1.29, 1.82) is 0 Å². The normalized spacial score (nSPS) is 11.0. The van der Waals surface area contributed by atoms with Gasteiger partial charge in [-0.1, -0.05) is 29.9 Å². The Morgan fingerprint density at radius 2 is 2.00 bits per heavy atom. The number of aryl methyl sites for hydroxylation is 4. The Kier molecular flexibility index (Phi) is 5.03. The van der Waals surface area contributed by atoms with Crippen LogP contribution in [-0.2, 0) is 11.2 Å². The smallest absolute Gasteiger partial charge is 0.236 e. The molecule has 25 heavy (non-hydrogen) atoms. The monoisotopic (exact) mass is 356 g/mol. The Morgan fingerprint density at radius 3 is 2.68 bits per heavy atom. The third-order valence-electron chi connectivity index (χ3n) is 3.96. The molecule has 0 spiro atoms. The predicted octanol–water partition coefficient (Wildman–Crippen LogP) is 3.84. The molecule has 0 aliphatic carbocycles. The summed E-state index contributed by atoms with van der Waals surface area (Å²) in [7, 11) is 0. The SMILES string of the molecule is CCc1cc2c(C)cc(C)cc2nc1SCC(=O)Nc1nonc1C. The largest absolute Gasteiger partial charge is 0.306 e. The third kappa shape index (κ3) is 3.82. The van der Waals surface area contributed by atoms with Gasteiger partial charge in [0.2, 0.25) is 5.91 Å². The number of nitrogens with one attached hydrogen (secondary N) is 1. The van der Waals surface area contributed by atoms with Crippen molar-refractivity contribution in [2.75, 3.05) is 11.1 Å². The van der Waals surface area contributed by atoms with Crippen LogP contribution in [0, 0.1) is 20.8 Å². The molecule has 2 aromatic heterocycles. The number of fused-ring (bicyclic) bond motifs is 1. The Bertz CT molecular complexity index is 936. The fourth-order valence-corrected chi connectivity index (χ4v) is 3.57. The second-order valence-corrected chi connectivity index (χ2v) is 6.95. The van der Waals surface area contributed by atoms with Gasteiger partial charge in [0.15, 0.2) is 5.82 Å². The average Bonchev–Trinajstić information content (AvgIpc) is 2.97. The maximum Gasteiger partial charge on any atom is 0.236 e. The van der Waals surface area contributed by atoms with Crippen LogP contribution in [0.4, 0.5) is 5.82 Å². The van der Waals surface area contributed by atoms with Crippen molar-refractivity contribution in [3.63, 3.8) is 0 Å². The number of anilines is 1. The highest BCUT2D eigenvalue weighted by molar-refractivity contribution is 8.00. The van der Waals surface area contributed by atoms with Gasteiger partial charge >= 0.3 is 0 Å². The van der Waals surface area contributed by atoms with Crippen LogP contribution in [0.5, 0.6) is 0 Å². The zero-order chi connectivity index (χ0) is 18.0. The molecule has 0 saturated carbocycles. The van der Waals surface area contributed by atoms with E-state index in [-0.39, 0.29) is 11.7 Å². The number of amides is 1. The average molecular weight is 356 g/mol. The number of hydrogen-bond acceptors (Lipinski definition) is 6. The summed E-state index contributed by atoms with van der Waals surface area (Å²) >= 11 is 1.43. The highest BCUT2D eigenvalue weighted by Crippen LogP contribution is 2.28. The van der Waals surface area contributed by atoms with Crippen LogP contribution in [0.2, 0.25) is 0 Å². The molecular formula is C18H20N4O2S. The number of carbonyl (C=O) groups is 1. The van der Waals surface area contributed by atoms with E-state index in [1.165, 1.54) is 28.3 Å². The minimum Gasteiger partial charge on any atom is -0.306 e. The van der Waals surface area contributed by atoms with E-state index >= 15 is 0 Å². The number of thioether (sulfide) groups is 1. The number of rotatable bonds is 5. The van der Waals surface area contributed by atoms with Crippen molar-refractivity contribution in [3.8, 4) is 0 Å². The standard InChI is InChI=1S/C18H20N4O2S/c1-5-13-8-14-11(3)6-10(2)7-15(14)19-18(13)25-9-16(23)20-17-12(4)21-24-22-17/h6-8H,5,9H2,1-4H3,(H,20,22,23). The summed E-state index contributed by atoms with van der Waals surface area (Å²) < 4.78 is 4.58. The number of hydrogen-bond donors (Lipinski definition) is 1. The van der Waals surface area contributed by atoms with Crippen molar-refractivity contribution in [3.05, 3.63) is 40.6 Å². The van der Waals surface area contributed by atoms with E-state index in [0.717, 1.165) is 22.5 Å². The van der Waals surface area contributed by atoms with Crippen LogP contribution in [0.3, 0.4) is 0 Å². The summed E-state index contributed by atoms with van der Waals surface area (Å²) in [5.74, 6) is 0.454. The number of nitrogens with zero attached hydrogens (tertiary/aromatic N) is 3. The van der Waals surface area contributed by atoms with Gasteiger partial charge in [-0.3, -0.25) is 4.79 Å². The quantitative estimate of drug-likeness (QED) is 0.700. The lowest BCUT2D eigenvalue weighted by Gasteiger charge is -2.11. The van der Waals surface area contributed by atoms with E-state index in [2.05, 4.69) is 59.2 Å². The zero-order valence-corrected chi connectivity index (χ0v) is 15.5. The molecule has 0 saturated heterocycles. The maximum absolute atomic E-state index is 12.1. The van der Waals surface area contributed by atoms with Crippen LogP contribution < -0.4 is 5.32 Å². The zero-order valence-electron chi connectivity index (χ0n) is 14.7. The van der Waals surface area contributed by atoms with E-state index in [1.807, 2.05) is 0 Å². The van der Waals surface area contributed by atoms with Crippen LogP contribution >= 0.6 is 11.8 Å². The van der Waals surface area contributed by atoms with Crippen LogP contribution in [0.15, 0.2) is 27.9 Å². The van der Waals surface area contributed by atoms with Gasteiger partial charge in [0.1, 0.15) is 10.7 Å². The molecule has 0 fully saturated rings. The van der Waals surface area contributed by atoms with E-state index in [1.54, 1.807) is 6.92 Å². The summed E-state index contributed by atoms with van der Waals surface area (Å²) in [4.78, 5) is 16.9. The first kappa shape index (κ1) is 17.4. The van der Waals surface area contributed by atoms with Crippen molar-refractivity contribution in [1.82, 2.24) is 15.3 Å². The molecule has 1 aromatic carbocycles. The molecule has 1 amide bonds. The van der Waals surface area contributed by atoms with Crippen molar-refractivity contribution in [2.45, 2.75) is 39.1 Å². The van der Waals surface area contributed by atoms with Crippen molar-refractivity contribution < 1.29 is 9.42 Å². The van der Waals surface area contributed by atoms with E-state index in [0.29, 0.717) is 11.5 Å². The van der Waals surface area contributed by atoms with Gasteiger partial charge in [0.05, 0.1) is 11.3 Å². The highest BCUT2D eigenvalue weighted by Gasteiger charge is 2.13. The molecule has 3 rings (SSSR count). The second-order valence-electron chi connectivity index (χ2n) is 5.99. The van der Waals surface area contributed by atoms with E-state index < -0.39 is 0 Å². The number of pyridine rings is 1. The lowest BCUT2D eigenvalue weighted by molar-refractivity contribution is -0.113. The molecule has 3 aromatic rings. The molecule has 130 valence electrons. The van der Waals surface area contributed by atoms with Crippen molar-refractivity contribution in [2.24, 2.45) is 0 Å². The van der Waals surface area contributed by atoms with E-state index in [9.17, 15) is 4.79 Å². The highest BCUT2D eigenvalue weighted by atomic mass is 32.2. The lowest BCUT2D eigenvalue weighted by Crippen LogP contribution is -2.15. The molecule has 0 aliphatic rings. The fourth-order valence-electron chi connectivity index (χ4n) is 2.68. The minimum absolute atomic E-state index is 0.159. The van der Waals surface area contributed by atoms with Crippen LogP contribution in [0.1, 0.15) is 29.3 Å². The molecule has 0 radical (unpaired) electrons. The summed E-state index contributed by atoms with van der Waals surface area (Å²) in [5.41, 5.74) is 5.08. The number of carbonyl (C=O) groups excluding carboxylic acids is 1. The topological polar surface area (TPSA) is 80.9 Å². The van der Waals surface area contributed by atoms with Gasteiger partial charge in [-0.05, 0) is 61.2 Å². The Balaban J connectivity index is 1.80. The van der Waals surface area contributed by atoms with Gasteiger partial charge < -0.3 is 5.32 Å². The molecule has 1 N–H and O–H groups in total. The van der Waals surface area contributed by atoms with Gasteiger partial charge in [-0.15, -0.1) is 0 Å². The Hall–Kier alpha value is -2.41. The predicted molar refractivity (Wildman–Crippen MR) is 99.0 cm³/mol. The second kappa shape index (κ2) is 7.23. The molecule has 0 bridgehead atoms. The Morgan fingerprint density at radius 1 is 1.20 bits per heavy atom. The van der Waals surface area contributed by atoms with Crippen LogP contribution in [0.25, 0.3) is 10.9 Å². The fraction of sp³-hybridized carbons (Fsp3) is 0.333. The first-order valence-electron chi connectivity index (χ1n) is 8.10. The lowest BCUT2D eigenvalue weighted by atomic mass is 10.0. The van der Waals surface area contributed by atoms with E-state index in [4.69, 9.17) is 4.98 Å². The third-order valence-corrected chi connectivity index (χ3v) is 4.99. The summed E-state index contributed by atoms with van der Waals surface area (Å²) in [5, 5.41) is 12.1. The minimum atomic E-state index is -0.159. The molecule has 7 heteroatoms. The summed E-state index contributed by atoms with van der Waals surface area (Å²) in [6.07, 6.45) is 0.868. The van der Waals surface area contributed by atoms with Gasteiger partial charge in [0.25, 0.3) is 0 Å². The van der Waals surface area contributed by atoms with Gasteiger partial charge in [0, 0.05) is 5.39 Å². The number of benzene rings is 1. The molecule has 0 unspecified atom stereocenters. The van der Waals surface area contributed by atoms with Gasteiger partial charge in [-0.25, -0.2) is 9.61 Å².